The molecule has 3 heterocycles. The van der Waals surface area contributed by atoms with Crippen molar-refractivity contribution in [3.8, 4) is 28.7 Å². The number of aliphatic hydroxyl groups is 1. The molecule has 0 spiro atoms. The highest BCUT2D eigenvalue weighted by molar-refractivity contribution is 6.11. The monoisotopic (exact) mass is 504 g/mol. The SMILES string of the molecule is CC(C)=CCc1c2c(c(O)c3c1O[C@@]1(O)c4ccc(O)cc4O[C@@]1(CC=C(C)C)C3=O)C=CC(C)(C)O2. The second kappa shape index (κ2) is 8.15. The van der Waals surface area contributed by atoms with Crippen molar-refractivity contribution in [2.24, 2.45) is 0 Å². The maximum absolute atomic E-state index is 14.4. The predicted octanol–water partition coefficient (Wildman–Crippen LogP) is 5.70. The molecular formula is C30H32O7. The summed E-state index contributed by atoms with van der Waals surface area (Å²) < 4.78 is 18.8. The van der Waals surface area contributed by atoms with Crippen molar-refractivity contribution in [2.75, 3.05) is 0 Å². The molecule has 3 N–H and O–H groups in total. The molecular weight excluding hydrogens is 472 g/mol. The van der Waals surface area contributed by atoms with Gasteiger partial charge in [0.05, 0.1) is 11.1 Å². The molecule has 7 heteroatoms. The van der Waals surface area contributed by atoms with Crippen molar-refractivity contribution in [1.29, 1.82) is 0 Å². The first-order valence-corrected chi connectivity index (χ1v) is 12.3. The number of carbonyl (C=O) groups excluding carboxylic acids is 1. The first-order chi connectivity index (χ1) is 17.3. The third-order valence-corrected chi connectivity index (χ3v) is 7.05. The van der Waals surface area contributed by atoms with E-state index in [4.69, 9.17) is 14.2 Å². The Bertz CT molecular complexity index is 1420. The molecule has 0 aromatic heterocycles. The highest BCUT2D eigenvalue weighted by Gasteiger charge is 2.70. The van der Waals surface area contributed by atoms with Gasteiger partial charge in [-0.15, -0.1) is 0 Å². The van der Waals surface area contributed by atoms with E-state index in [2.05, 4.69) is 0 Å². The number of allylic oxidation sites excluding steroid dienone is 3. The van der Waals surface area contributed by atoms with Crippen LogP contribution in [0, 0.1) is 0 Å². The molecule has 0 saturated heterocycles. The lowest BCUT2D eigenvalue weighted by Crippen LogP contribution is -2.62. The minimum Gasteiger partial charge on any atom is -0.508 e. The van der Waals surface area contributed by atoms with Crippen molar-refractivity contribution in [3.05, 3.63) is 69.8 Å². The summed E-state index contributed by atoms with van der Waals surface area (Å²) in [5, 5.41) is 33.7. The van der Waals surface area contributed by atoms with Gasteiger partial charge < -0.3 is 29.5 Å². The Morgan fingerprint density at radius 2 is 1.68 bits per heavy atom. The van der Waals surface area contributed by atoms with Crippen LogP contribution in [0.5, 0.6) is 28.7 Å². The number of carbonyl (C=O) groups is 1. The summed E-state index contributed by atoms with van der Waals surface area (Å²) in [6, 6.07) is 4.25. The lowest BCUT2D eigenvalue weighted by molar-refractivity contribution is -0.221. The molecule has 0 fully saturated rings. The summed E-state index contributed by atoms with van der Waals surface area (Å²) >= 11 is 0. The van der Waals surface area contributed by atoms with Gasteiger partial charge in [-0.25, -0.2) is 0 Å². The predicted molar refractivity (Wildman–Crippen MR) is 139 cm³/mol. The fourth-order valence-corrected chi connectivity index (χ4v) is 5.09. The van der Waals surface area contributed by atoms with E-state index in [1.807, 2.05) is 53.7 Å². The lowest BCUT2D eigenvalue weighted by atomic mass is 9.76. The number of ketones is 1. The number of hydrogen-bond acceptors (Lipinski definition) is 7. The third kappa shape index (κ3) is 3.63. The Balaban J connectivity index is 1.83. The Morgan fingerprint density at radius 1 is 0.973 bits per heavy atom. The molecule has 194 valence electrons. The molecule has 2 aromatic carbocycles. The van der Waals surface area contributed by atoms with Crippen LogP contribution in [0.4, 0.5) is 0 Å². The number of Topliss-reactive ketones (excluding diaryl/α,β-unsaturated/α-hetero) is 1. The standard InChI is InChI=1S/C30H32O7/c1-16(2)7-9-20-25-19(12-13-28(5,6)36-25)24(32)23-26(20)37-30(34)21-10-8-18(31)15-22(21)35-29(30,27(23)33)14-11-17(3)4/h7-8,10-13,15,31-32,34H,9,14H2,1-6H3/t29-,30-/m0/s1. The summed E-state index contributed by atoms with van der Waals surface area (Å²) in [7, 11) is 0. The van der Waals surface area contributed by atoms with Crippen LogP contribution >= 0.6 is 0 Å². The van der Waals surface area contributed by atoms with Crippen molar-refractivity contribution in [3.63, 3.8) is 0 Å². The van der Waals surface area contributed by atoms with E-state index in [9.17, 15) is 20.1 Å². The molecule has 0 amide bonds. The second-order valence-corrected chi connectivity index (χ2v) is 11.0. The Labute approximate surface area is 216 Å². The Kier molecular flexibility index (Phi) is 5.50. The average molecular weight is 505 g/mol. The van der Waals surface area contributed by atoms with Crippen LogP contribution in [0.3, 0.4) is 0 Å². The minimum atomic E-state index is -2.22. The molecule has 0 aliphatic carbocycles. The molecule has 3 aliphatic heterocycles. The normalized spacial score (nSPS) is 23.9. The van der Waals surface area contributed by atoms with Gasteiger partial charge in [-0.3, -0.25) is 4.79 Å². The largest absolute Gasteiger partial charge is 0.508 e. The van der Waals surface area contributed by atoms with Crippen molar-refractivity contribution < 1.29 is 34.3 Å². The summed E-state index contributed by atoms with van der Waals surface area (Å²) in [5.41, 5.74) is 0.475. The first-order valence-electron chi connectivity index (χ1n) is 12.3. The zero-order chi connectivity index (χ0) is 26.9. The van der Waals surface area contributed by atoms with E-state index in [0.717, 1.165) is 11.1 Å². The topological polar surface area (TPSA) is 105 Å². The minimum absolute atomic E-state index is 0.0151. The van der Waals surface area contributed by atoms with Gasteiger partial charge in [-0.05, 0) is 72.2 Å². The van der Waals surface area contributed by atoms with Gasteiger partial charge in [0.2, 0.25) is 11.4 Å². The molecule has 37 heavy (non-hydrogen) atoms. The zero-order valence-corrected chi connectivity index (χ0v) is 21.9. The summed E-state index contributed by atoms with van der Waals surface area (Å²) in [5.74, 6) is -2.59. The van der Waals surface area contributed by atoms with E-state index in [-0.39, 0.29) is 40.5 Å². The van der Waals surface area contributed by atoms with Crippen molar-refractivity contribution in [2.45, 2.75) is 71.4 Å². The molecule has 2 atom stereocenters. The number of phenolic OH excluding ortho intramolecular Hbond substituents is 2. The van der Waals surface area contributed by atoms with Gasteiger partial charge in [0.15, 0.2) is 0 Å². The van der Waals surface area contributed by atoms with Gasteiger partial charge in [0.1, 0.15) is 39.9 Å². The highest BCUT2D eigenvalue weighted by atomic mass is 16.7. The number of phenols is 2. The molecule has 7 nitrogen and oxygen atoms in total. The van der Waals surface area contributed by atoms with Gasteiger partial charge in [0.25, 0.3) is 5.79 Å². The number of aromatic hydroxyl groups is 2. The number of ether oxygens (including phenoxy) is 3. The molecule has 0 unspecified atom stereocenters. The van der Waals surface area contributed by atoms with E-state index in [1.54, 1.807) is 12.2 Å². The number of hydrogen-bond donors (Lipinski definition) is 3. The molecule has 5 rings (SSSR count). The zero-order valence-electron chi connectivity index (χ0n) is 21.9. The summed E-state index contributed by atoms with van der Waals surface area (Å²) in [6.07, 6.45) is 7.67. The Morgan fingerprint density at radius 3 is 2.35 bits per heavy atom. The molecule has 0 radical (unpaired) electrons. The van der Waals surface area contributed by atoms with Crippen LogP contribution < -0.4 is 14.2 Å². The molecule has 2 aromatic rings. The average Bonchev–Trinajstić information content (AvgIpc) is 3.04. The summed E-state index contributed by atoms with van der Waals surface area (Å²) in [4.78, 5) is 14.4. The van der Waals surface area contributed by atoms with Crippen molar-refractivity contribution in [1.82, 2.24) is 0 Å². The van der Waals surface area contributed by atoms with Crippen LogP contribution in [0.15, 0.2) is 47.6 Å². The maximum atomic E-state index is 14.4. The highest BCUT2D eigenvalue weighted by Crippen LogP contribution is 2.60. The van der Waals surface area contributed by atoms with E-state index >= 15 is 0 Å². The fraction of sp³-hybridized carbons (Fsp3) is 0.367. The second-order valence-electron chi connectivity index (χ2n) is 11.0. The molecule has 0 bridgehead atoms. The maximum Gasteiger partial charge on any atom is 0.286 e. The van der Waals surface area contributed by atoms with E-state index in [0.29, 0.717) is 23.3 Å². The fourth-order valence-electron chi connectivity index (χ4n) is 5.09. The van der Waals surface area contributed by atoms with Gasteiger partial charge in [0, 0.05) is 18.1 Å². The number of rotatable bonds is 4. The van der Waals surface area contributed by atoms with E-state index < -0.39 is 22.8 Å². The quantitative estimate of drug-likeness (QED) is 0.459. The van der Waals surface area contributed by atoms with E-state index in [1.165, 1.54) is 18.2 Å². The van der Waals surface area contributed by atoms with Crippen LogP contribution in [-0.4, -0.2) is 32.3 Å². The Hall–Kier alpha value is -3.71. The van der Waals surface area contributed by atoms with Crippen LogP contribution in [-0.2, 0) is 12.2 Å². The smallest absolute Gasteiger partial charge is 0.286 e. The van der Waals surface area contributed by atoms with Crippen LogP contribution in [0.2, 0.25) is 0 Å². The number of benzene rings is 2. The lowest BCUT2D eigenvalue weighted by Gasteiger charge is -2.44. The molecule has 0 saturated carbocycles. The van der Waals surface area contributed by atoms with Crippen LogP contribution in [0.1, 0.15) is 75.0 Å². The summed E-state index contributed by atoms with van der Waals surface area (Å²) in [6.45, 7) is 11.5. The van der Waals surface area contributed by atoms with Crippen LogP contribution in [0.25, 0.3) is 6.08 Å². The number of fused-ring (bicyclic) bond motifs is 5. The van der Waals surface area contributed by atoms with Gasteiger partial charge in [-0.2, -0.15) is 0 Å². The molecule has 3 aliphatic rings. The van der Waals surface area contributed by atoms with Crippen molar-refractivity contribution >= 4 is 11.9 Å². The van der Waals surface area contributed by atoms with Gasteiger partial charge in [-0.1, -0.05) is 23.3 Å². The van der Waals surface area contributed by atoms with Gasteiger partial charge >= 0.3 is 0 Å². The first kappa shape index (κ1) is 25.0. The third-order valence-electron chi connectivity index (χ3n) is 7.05.